The van der Waals surface area contributed by atoms with E-state index >= 15 is 0 Å². The van der Waals surface area contributed by atoms with E-state index in [-0.39, 0.29) is 0 Å². The zero-order valence-electron chi connectivity index (χ0n) is 7.97. The Morgan fingerprint density at radius 3 is 2.79 bits per heavy atom. The monoisotopic (exact) mass is 203 g/mol. The maximum absolute atomic E-state index is 8.72. The van der Waals surface area contributed by atoms with Crippen LogP contribution in [0.25, 0.3) is 0 Å². The average molecular weight is 204 g/mol. The van der Waals surface area contributed by atoms with Crippen molar-refractivity contribution < 1.29 is 0 Å². The SMILES string of the molecule is Cc1cc(C#CCCCl)ccc1C#N. The van der Waals surface area contributed by atoms with Gasteiger partial charge >= 0.3 is 0 Å². The summed E-state index contributed by atoms with van der Waals surface area (Å²) in [6, 6.07) is 7.68. The van der Waals surface area contributed by atoms with Crippen LogP contribution >= 0.6 is 11.6 Å². The van der Waals surface area contributed by atoms with Crippen molar-refractivity contribution in [2.24, 2.45) is 0 Å². The van der Waals surface area contributed by atoms with E-state index in [4.69, 9.17) is 16.9 Å². The van der Waals surface area contributed by atoms with E-state index in [1.807, 2.05) is 19.1 Å². The van der Waals surface area contributed by atoms with Gasteiger partial charge in [-0.2, -0.15) is 5.26 Å². The van der Waals surface area contributed by atoms with Crippen molar-refractivity contribution in [2.45, 2.75) is 13.3 Å². The van der Waals surface area contributed by atoms with Gasteiger partial charge in [0.15, 0.2) is 0 Å². The van der Waals surface area contributed by atoms with Gasteiger partial charge in [0.1, 0.15) is 0 Å². The molecule has 0 aromatic heterocycles. The molecule has 0 radical (unpaired) electrons. The molecule has 1 aromatic rings. The second kappa shape index (κ2) is 5.32. The van der Waals surface area contributed by atoms with Crippen LogP contribution in [0.15, 0.2) is 18.2 Å². The molecule has 1 aromatic carbocycles. The lowest BCUT2D eigenvalue weighted by molar-refractivity contribution is 1.29. The minimum absolute atomic E-state index is 0.558. The van der Waals surface area contributed by atoms with Gasteiger partial charge in [-0.1, -0.05) is 11.8 Å². The molecule has 0 amide bonds. The maximum Gasteiger partial charge on any atom is 0.0994 e. The Labute approximate surface area is 89.3 Å². The molecule has 0 aliphatic heterocycles. The van der Waals surface area contributed by atoms with Crippen LogP contribution in [0.1, 0.15) is 23.1 Å². The van der Waals surface area contributed by atoms with E-state index < -0.39 is 0 Å². The topological polar surface area (TPSA) is 23.8 Å². The minimum atomic E-state index is 0.558. The first-order valence-electron chi connectivity index (χ1n) is 4.33. The number of nitrogens with zero attached hydrogens (tertiary/aromatic N) is 1. The van der Waals surface area contributed by atoms with E-state index in [9.17, 15) is 0 Å². The summed E-state index contributed by atoms with van der Waals surface area (Å²) in [5.41, 5.74) is 2.60. The summed E-state index contributed by atoms with van der Waals surface area (Å²) in [5, 5.41) is 8.72. The van der Waals surface area contributed by atoms with Crippen LogP contribution in [0, 0.1) is 30.1 Å². The van der Waals surface area contributed by atoms with Crippen LogP contribution in [0.3, 0.4) is 0 Å². The number of rotatable bonds is 1. The molecule has 0 aliphatic carbocycles. The van der Waals surface area contributed by atoms with Crippen molar-refractivity contribution in [3.8, 4) is 17.9 Å². The number of aryl methyl sites for hydroxylation is 1. The van der Waals surface area contributed by atoms with Gasteiger partial charge in [0, 0.05) is 17.9 Å². The Morgan fingerprint density at radius 2 is 2.21 bits per heavy atom. The molecule has 1 nitrogen and oxygen atoms in total. The Hall–Kier alpha value is -1.44. The van der Waals surface area contributed by atoms with Crippen LogP contribution in [0.2, 0.25) is 0 Å². The zero-order chi connectivity index (χ0) is 10.4. The van der Waals surface area contributed by atoms with Gasteiger partial charge in [-0.15, -0.1) is 11.6 Å². The summed E-state index contributed by atoms with van der Waals surface area (Å²) >= 11 is 5.50. The smallest absolute Gasteiger partial charge is 0.0994 e. The number of hydrogen-bond acceptors (Lipinski definition) is 1. The van der Waals surface area contributed by atoms with E-state index in [1.54, 1.807) is 6.07 Å². The van der Waals surface area contributed by atoms with Gasteiger partial charge < -0.3 is 0 Å². The number of hydrogen-bond donors (Lipinski definition) is 0. The summed E-state index contributed by atoms with van der Waals surface area (Å²) in [7, 11) is 0. The molecule has 0 spiro atoms. The molecule has 1 rings (SSSR count). The highest BCUT2D eigenvalue weighted by Crippen LogP contribution is 2.08. The predicted octanol–water partition coefficient (Wildman–Crippen LogP) is 2.85. The van der Waals surface area contributed by atoms with Crippen molar-refractivity contribution in [3.05, 3.63) is 34.9 Å². The van der Waals surface area contributed by atoms with Gasteiger partial charge in [-0.25, -0.2) is 0 Å². The average Bonchev–Trinajstić information content (AvgIpc) is 2.18. The second-order valence-electron chi connectivity index (χ2n) is 2.88. The van der Waals surface area contributed by atoms with Crippen LogP contribution in [0.5, 0.6) is 0 Å². The van der Waals surface area contributed by atoms with Crippen LogP contribution in [-0.2, 0) is 0 Å². The number of benzene rings is 1. The van der Waals surface area contributed by atoms with Crippen LogP contribution in [-0.4, -0.2) is 5.88 Å². The molecule has 0 heterocycles. The zero-order valence-corrected chi connectivity index (χ0v) is 8.73. The van der Waals surface area contributed by atoms with Crippen LogP contribution < -0.4 is 0 Å². The normalized spacial score (nSPS) is 8.64. The largest absolute Gasteiger partial charge is 0.192 e. The molecule has 70 valence electrons. The molecule has 0 saturated carbocycles. The molecule has 2 heteroatoms. The lowest BCUT2D eigenvalue weighted by Gasteiger charge is -1.96. The van der Waals surface area contributed by atoms with Gasteiger partial charge in [0.25, 0.3) is 0 Å². The minimum Gasteiger partial charge on any atom is -0.192 e. The quantitative estimate of drug-likeness (QED) is 0.509. The number of halogens is 1. The van der Waals surface area contributed by atoms with Crippen molar-refractivity contribution in [1.29, 1.82) is 5.26 Å². The summed E-state index contributed by atoms with van der Waals surface area (Å²) in [4.78, 5) is 0. The number of nitriles is 1. The molecule has 0 N–H and O–H groups in total. The Kier molecular flexibility index (Phi) is 4.05. The highest BCUT2D eigenvalue weighted by Gasteiger charge is 1.96. The Morgan fingerprint density at radius 1 is 1.43 bits per heavy atom. The van der Waals surface area contributed by atoms with Crippen molar-refractivity contribution in [3.63, 3.8) is 0 Å². The lowest BCUT2D eigenvalue weighted by Crippen LogP contribution is -1.83. The fraction of sp³-hybridized carbons (Fsp3) is 0.250. The van der Waals surface area contributed by atoms with Gasteiger partial charge in [0.05, 0.1) is 11.6 Å². The first-order chi connectivity index (χ1) is 6.77. The third kappa shape index (κ3) is 2.80. The van der Waals surface area contributed by atoms with Gasteiger partial charge in [-0.05, 0) is 30.7 Å². The van der Waals surface area contributed by atoms with Crippen molar-refractivity contribution in [1.82, 2.24) is 0 Å². The second-order valence-corrected chi connectivity index (χ2v) is 3.26. The Balaban J connectivity index is 2.89. The Bertz CT molecular complexity index is 418. The summed E-state index contributed by atoms with van der Waals surface area (Å²) in [5.74, 6) is 6.50. The van der Waals surface area contributed by atoms with Gasteiger partial charge in [0.2, 0.25) is 0 Å². The molecular formula is C12H10ClN. The summed E-state index contributed by atoms with van der Waals surface area (Å²) in [6.45, 7) is 1.91. The summed E-state index contributed by atoms with van der Waals surface area (Å²) in [6.07, 6.45) is 0.695. The maximum atomic E-state index is 8.72. The highest BCUT2D eigenvalue weighted by atomic mass is 35.5. The predicted molar refractivity (Wildman–Crippen MR) is 58.1 cm³/mol. The molecule has 0 bridgehead atoms. The molecule has 14 heavy (non-hydrogen) atoms. The molecule has 0 aliphatic rings. The van der Waals surface area contributed by atoms with E-state index in [1.165, 1.54) is 0 Å². The fourth-order valence-corrected chi connectivity index (χ4v) is 1.17. The highest BCUT2D eigenvalue weighted by molar-refractivity contribution is 6.18. The van der Waals surface area contributed by atoms with E-state index in [2.05, 4.69) is 17.9 Å². The van der Waals surface area contributed by atoms with Crippen molar-refractivity contribution in [2.75, 3.05) is 5.88 Å². The molecule has 0 atom stereocenters. The van der Waals surface area contributed by atoms with Crippen LogP contribution in [0.4, 0.5) is 0 Å². The third-order valence-corrected chi connectivity index (χ3v) is 1.99. The van der Waals surface area contributed by atoms with Gasteiger partial charge in [-0.3, -0.25) is 0 Å². The lowest BCUT2D eigenvalue weighted by atomic mass is 10.1. The summed E-state index contributed by atoms with van der Waals surface area (Å²) < 4.78 is 0. The fourth-order valence-electron chi connectivity index (χ4n) is 1.08. The van der Waals surface area contributed by atoms with Crippen molar-refractivity contribution >= 4 is 11.6 Å². The standard InChI is InChI=1S/C12H10ClN/c1-10-8-11(4-2-3-7-13)5-6-12(10)9-14/h5-6,8H,3,7H2,1H3. The molecule has 0 unspecified atom stereocenters. The first kappa shape index (κ1) is 10.6. The third-order valence-electron chi connectivity index (χ3n) is 1.80. The van der Waals surface area contributed by atoms with E-state index in [0.29, 0.717) is 17.9 Å². The number of alkyl halides is 1. The molecule has 0 fully saturated rings. The molecule has 0 saturated heterocycles. The molecular weight excluding hydrogens is 194 g/mol. The first-order valence-corrected chi connectivity index (χ1v) is 4.87. The van der Waals surface area contributed by atoms with E-state index in [0.717, 1.165) is 11.1 Å².